The Balaban J connectivity index is 2.00. The van der Waals surface area contributed by atoms with Gasteiger partial charge in [-0.2, -0.15) is 0 Å². The van der Waals surface area contributed by atoms with Crippen molar-refractivity contribution >= 4 is 5.91 Å². The predicted octanol–water partition coefficient (Wildman–Crippen LogP) is 2.76. The molecule has 1 N–H and O–H groups in total. The van der Waals surface area contributed by atoms with Crippen LogP contribution in [0, 0.1) is 11.3 Å². The minimum Gasteiger partial charge on any atom is -0.326 e. The van der Waals surface area contributed by atoms with Crippen molar-refractivity contribution in [2.45, 2.75) is 72.0 Å². The second kappa shape index (κ2) is 5.20. The van der Waals surface area contributed by atoms with Crippen LogP contribution in [0.4, 0.5) is 0 Å². The van der Waals surface area contributed by atoms with E-state index in [0.717, 1.165) is 13.0 Å². The molecule has 1 amide bonds. The minimum absolute atomic E-state index is 0.00979. The van der Waals surface area contributed by atoms with Gasteiger partial charge >= 0.3 is 0 Å². The summed E-state index contributed by atoms with van der Waals surface area (Å²) >= 11 is 0. The van der Waals surface area contributed by atoms with Crippen molar-refractivity contribution in [1.82, 2.24) is 10.2 Å². The Labute approximate surface area is 111 Å². The Morgan fingerprint density at radius 2 is 1.89 bits per heavy atom. The fourth-order valence-electron chi connectivity index (χ4n) is 3.17. The molecule has 3 heteroatoms. The third-order valence-electron chi connectivity index (χ3n) is 4.36. The van der Waals surface area contributed by atoms with E-state index in [1.807, 2.05) is 6.92 Å². The van der Waals surface area contributed by atoms with Crippen LogP contribution in [0.5, 0.6) is 0 Å². The monoisotopic (exact) mass is 252 g/mol. The minimum atomic E-state index is 0.00979. The second-order valence-electron chi connectivity index (χ2n) is 7.22. The van der Waals surface area contributed by atoms with Crippen LogP contribution in [-0.4, -0.2) is 29.6 Å². The summed E-state index contributed by atoms with van der Waals surface area (Å²) in [5, 5.41) is 3.51. The largest absolute Gasteiger partial charge is 0.326 e. The van der Waals surface area contributed by atoms with E-state index in [-0.39, 0.29) is 6.04 Å². The molecule has 0 aromatic heterocycles. The lowest BCUT2D eigenvalue weighted by Crippen LogP contribution is -2.43. The fourth-order valence-corrected chi connectivity index (χ4v) is 3.17. The molecule has 0 radical (unpaired) electrons. The Morgan fingerprint density at radius 1 is 1.28 bits per heavy atom. The zero-order valence-corrected chi connectivity index (χ0v) is 12.3. The van der Waals surface area contributed by atoms with E-state index in [1.54, 1.807) is 0 Å². The molecule has 0 bridgehead atoms. The average Bonchev–Trinajstić information content (AvgIpc) is 2.85. The first-order valence-corrected chi connectivity index (χ1v) is 7.45. The van der Waals surface area contributed by atoms with Gasteiger partial charge < -0.3 is 4.90 Å². The molecule has 0 aromatic rings. The molecule has 0 spiro atoms. The van der Waals surface area contributed by atoms with Gasteiger partial charge in [0.25, 0.3) is 0 Å². The summed E-state index contributed by atoms with van der Waals surface area (Å²) < 4.78 is 0. The van der Waals surface area contributed by atoms with E-state index < -0.39 is 0 Å². The highest BCUT2D eigenvalue weighted by Gasteiger charge is 2.41. The summed E-state index contributed by atoms with van der Waals surface area (Å²) in [7, 11) is 0. The number of rotatable bonds is 3. The highest BCUT2D eigenvalue weighted by molar-refractivity contribution is 5.83. The molecule has 1 aliphatic carbocycles. The first-order valence-electron chi connectivity index (χ1n) is 7.45. The normalized spacial score (nSPS) is 30.4. The predicted molar refractivity (Wildman–Crippen MR) is 74.1 cm³/mol. The summed E-state index contributed by atoms with van der Waals surface area (Å²) in [5.74, 6) is 0.981. The van der Waals surface area contributed by atoms with E-state index in [4.69, 9.17) is 0 Å². The van der Waals surface area contributed by atoms with Crippen LogP contribution in [0.25, 0.3) is 0 Å². The Bertz CT molecular complexity index is 302. The summed E-state index contributed by atoms with van der Waals surface area (Å²) in [4.78, 5) is 14.4. The van der Waals surface area contributed by atoms with Crippen molar-refractivity contribution in [2.24, 2.45) is 11.3 Å². The van der Waals surface area contributed by atoms with Gasteiger partial charge in [0.1, 0.15) is 0 Å². The van der Waals surface area contributed by atoms with Crippen molar-refractivity contribution in [3.05, 3.63) is 0 Å². The van der Waals surface area contributed by atoms with Gasteiger partial charge in [-0.25, -0.2) is 0 Å². The SMILES string of the molecule is CC1NC(C2CCCC2)N(CCC(C)(C)C)C1=O. The number of carbonyl (C=O) groups is 1. The molecule has 1 aliphatic heterocycles. The van der Waals surface area contributed by atoms with Crippen LogP contribution in [0.2, 0.25) is 0 Å². The summed E-state index contributed by atoms with van der Waals surface area (Å²) in [5.41, 5.74) is 0.298. The van der Waals surface area contributed by atoms with E-state index in [0.29, 0.717) is 23.4 Å². The molecular weight excluding hydrogens is 224 g/mol. The Kier molecular flexibility index (Phi) is 4.00. The van der Waals surface area contributed by atoms with Crippen LogP contribution >= 0.6 is 0 Å². The topological polar surface area (TPSA) is 32.3 Å². The van der Waals surface area contributed by atoms with Gasteiger partial charge in [-0.05, 0) is 37.5 Å². The molecule has 2 unspecified atom stereocenters. The zero-order chi connectivity index (χ0) is 13.3. The molecule has 104 valence electrons. The van der Waals surface area contributed by atoms with Gasteiger partial charge in [-0.1, -0.05) is 33.6 Å². The standard InChI is InChI=1S/C15H28N2O/c1-11-14(18)17(10-9-15(2,3)4)13(16-11)12-7-5-6-8-12/h11-13,16H,5-10H2,1-4H3. The number of nitrogens with one attached hydrogen (secondary N) is 1. The average molecular weight is 252 g/mol. The third-order valence-corrected chi connectivity index (χ3v) is 4.36. The number of amides is 1. The van der Waals surface area contributed by atoms with Crippen molar-refractivity contribution < 1.29 is 4.79 Å². The van der Waals surface area contributed by atoms with Crippen LogP contribution < -0.4 is 5.32 Å². The van der Waals surface area contributed by atoms with Crippen molar-refractivity contribution in [3.8, 4) is 0 Å². The lowest BCUT2D eigenvalue weighted by molar-refractivity contribution is -0.130. The van der Waals surface area contributed by atoms with Gasteiger partial charge in [0, 0.05) is 6.54 Å². The lowest BCUT2D eigenvalue weighted by Gasteiger charge is -2.31. The lowest BCUT2D eigenvalue weighted by atomic mass is 9.91. The Hall–Kier alpha value is -0.570. The smallest absolute Gasteiger partial charge is 0.240 e. The molecule has 0 aromatic carbocycles. The van der Waals surface area contributed by atoms with Crippen molar-refractivity contribution in [2.75, 3.05) is 6.54 Å². The summed E-state index contributed by atoms with van der Waals surface area (Å²) in [6.07, 6.45) is 6.61. The maximum atomic E-state index is 12.3. The van der Waals surface area contributed by atoms with Crippen LogP contribution in [0.1, 0.15) is 59.8 Å². The molecule has 2 aliphatic rings. The van der Waals surface area contributed by atoms with Crippen LogP contribution in [0.3, 0.4) is 0 Å². The number of hydrogen-bond donors (Lipinski definition) is 1. The van der Waals surface area contributed by atoms with Gasteiger partial charge in [0.05, 0.1) is 12.2 Å². The number of hydrogen-bond acceptors (Lipinski definition) is 2. The molecule has 2 rings (SSSR count). The first-order chi connectivity index (χ1) is 8.38. The highest BCUT2D eigenvalue weighted by atomic mass is 16.2. The van der Waals surface area contributed by atoms with Crippen LogP contribution in [0.15, 0.2) is 0 Å². The fraction of sp³-hybridized carbons (Fsp3) is 0.933. The van der Waals surface area contributed by atoms with Gasteiger partial charge in [-0.3, -0.25) is 10.1 Å². The van der Waals surface area contributed by atoms with Crippen LogP contribution in [-0.2, 0) is 4.79 Å². The molecule has 18 heavy (non-hydrogen) atoms. The third kappa shape index (κ3) is 3.05. The van der Waals surface area contributed by atoms with Gasteiger partial charge in [-0.15, -0.1) is 0 Å². The van der Waals surface area contributed by atoms with Crippen molar-refractivity contribution in [3.63, 3.8) is 0 Å². The zero-order valence-electron chi connectivity index (χ0n) is 12.3. The molecular formula is C15H28N2O. The molecule has 2 atom stereocenters. The Morgan fingerprint density at radius 3 is 2.44 bits per heavy atom. The molecule has 1 saturated heterocycles. The maximum Gasteiger partial charge on any atom is 0.240 e. The second-order valence-corrected chi connectivity index (χ2v) is 7.22. The summed E-state index contributed by atoms with van der Waals surface area (Å²) in [6.45, 7) is 9.64. The molecule has 1 heterocycles. The van der Waals surface area contributed by atoms with E-state index >= 15 is 0 Å². The van der Waals surface area contributed by atoms with Crippen molar-refractivity contribution in [1.29, 1.82) is 0 Å². The van der Waals surface area contributed by atoms with E-state index in [2.05, 4.69) is 31.0 Å². The van der Waals surface area contributed by atoms with E-state index in [1.165, 1.54) is 25.7 Å². The maximum absolute atomic E-state index is 12.3. The summed E-state index contributed by atoms with van der Waals surface area (Å²) in [6, 6.07) is 0.00979. The quantitative estimate of drug-likeness (QED) is 0.837. The van der Waals surface area contributed by atoms with Gasteiger partial charge in [0.2, 0.25) is 5.91 Å². The first kappa shape index (κ1) is 13.9. The molecule has 2 fully saturated rings. The molecule has 3 nitrogen and oxygen atoms in total. The number of nitrogens with zero attached hydrogens (tertiary/aromatic N) is 1. The van der Waals surface area contributed by atoms with E-state index in [9.17, 15) is 4.79 Å². The highest BCUT2D eigenvalue weighted by Crippen LogP contribution is 2.32. The van der Waals surface area contributed by atoms with Gasteiger partial charge in [0.15, 0.2) is 0 Å². The number of carbonyl (C=O) groups excluding carboxylic acids is 1. The molecule has 1 saturated carbocycles.